The second kappa shape index (κ2) is 7.73. The van der Waals surface area contributed by atoms with Gasteiger partial charge in [0.05, 0.1) is 6.10 Å². The Hall–Kier alpha value is -0.770. The van der Waals surface area contributed by atoms with Gasteiger partial charge in [-0.3, -0.25) is 0 Å². The molecule has 2 rings (SSSR count). The summed E-state index contributed by atoms with van der Waals surface area (Å²) in [5.74, 6) is 1.84. The van der Waals surface area contributed by atoms with Crippen molar-refractivity contribution >= 4 is 11.8 Å². The highest BCUT2D eigenvalue weighted by atomic mass is 32.2. The Balaban J connectivity index is 1.91. The summed E-state index contributed by atoms with van der Waals surface area (Å²) in [4.78, 5) is 1.24. The SMILES string of the molecule is NCCC(O)c1cccc(SCC2C=CCCC2)c1. The second-order valence-electron chi connectivity index (χ2n) is 5.10. The molecule has 0 spiro atoms. The number of aliphatic hydroxyl groups is 1. The lowest BCUT2D eigenvalue weighted by Gasteiger charge is -2.16. The first kappa shape index (κ1) is 14.6. The molecule has 2 unspecified atom stereocenters. The molecule has 3 heteroatoms. The van der Waals surface area contributed by atoms with Crippen LogP contribution in [0.1, 0.15) is 37.4 Å². The number of hydrogen-bond acceptors (Lipinski definition) is 3. The largest absolute Gasteiger partial charge is 0.388 e. The zero-order valence-corrected chi connectivity index (χ0v) is 12.1. The summed E-state index contributed by atoms with van der Waals surface area (Å²) >= 11 is 1.88. The van der Waals surface area contributed by atoms with Crippen molar-refractivity contribution in [3.8, 4) is 0 Å². The van der Waals surface area contributed by atoms with Gasteiger partial charge in [0.1, 0.15) is 0 Å². The van der Waals surface area contributed by atoms with Gasteiger partial charge in [-0.25, -0.2) is 0 Å². The van der Waals surface area contributed by atoms with E-state index in [9.17, 15) is 5.11 Å². The van der Waals surface area contributed by atoms with E-state index in [1.54, 1.807) is 0 Å². The molecule has 0 heterocycles. The second-order valence-corrected chi connectivity index (χ2v) is 6.19. The smallest absolute Gasteiger partial charge is 0.0802 e. The van der Waals surface area contributed by atoms with Crippen molar-refractivity contribution in [3.63, 3.8) is 0 Å². The van der Waals surface area contributed by atoms with Gasteiger partial charge in [-0.2, -0.15) is 0 Å². The van der Waals surface area contributed by atoms with Crippen molar-refractivity contribution in [1.29, 1.82) is 0 Å². The van der Waals surface area contributed by atoms with E-state index in [4.69, 9.17) is 5.73 Å². The number of benzene rings is 1. The monoisotopic (exact) mass is 277 g/mol. The van der Waals surface area contributed by atoms with E-state index < -0.39 is 6.10 Å². The van der Waals surface area contributed by atoms with Crippen LogP contribution in [0.4, 0.5) is 0 Å². The molecule has 0 fully saturated rings. The van der Waals surface area contributed by atoms with Crippen molar-refractivity contribution in [2.75, 3.05) is 12.3 Å². The average molecular weight is 277 g/mol. The first-order valence-electron chi connectivity index (χ1n) is 7.07. The minimum atomic E-state index is -0.430. The Morgan fingerprint density at radius 1 is 1.42 bits per heavy atom. The first-order chi connectivity index (χ1) is 9.29. The van der Waals surface area contributed by atoms with Crippen LogP contribution in [-0.4, -0.2) is 17.4 Å². The third-order valence-electron chi connectivity index (χ3n) is 3.50. The van der Waals surface area contributed by atoms with Crippen LogP contribution in [0.3, 0.4) is 0 Å². The van der Waals surface area contributed by atoms with E-state index in [0.717, 1.165) is 11.3 Å². The van der Waals surface area contributed by atoms with Gasteiger partial charge in [-0.1, -0.05) is 24.3 Å². The van der Waals surface area contributed by atoms with Crippen LogP contribution >= 0.6 is 11.8 Å². The van der Waals surface area contributed by atoms with Gasteiger partial charge in [0.2, 0.25) is 0 Å². The van der Waals surface area contributed by atoms with Crippen LogP contribution in [0.5, 0.6) is 0 Å². The third kappa shape index (κ3) is 4.68. The number of nitrogens with two attached hydrogens (primary N) is 1. The Kier molecular flexibility index (Phi) is 5.95. The van der Waals surface area contributed by atoms with Crippen LogP contribution in [0.25, 0.3) is 0 Å². The molecular weight excluding hydrogens is 254 g/mol. The fourth-order valence-electron chi connectivity index (χ4n) is 2.36. The van der Waals surface area contributed by atoms with E-state index in [2.05, 4.69) is 24.3 Å². The molecule has 0 radical (unpaired) electrons. The molecule has 0 amide bonds. The Labute approximate surface area is 120 Å². The van der Waals surface area contributed by atoms with Gasteiger partial charge in [0, 0.05) is 10.6 Å². The highest BCUT2D eigenvalue weighted by Gasteiger charge is 2.10. The first-order valence-corrected chi connectivity index (χ1v) is 8.05. The molecule has 0 bridgehead atoms. The molecule has 1 aromatic rings. The molecule has 2 atom stereocenters. The molecule has 0 saturated carbocycles. The molecular formula is C16H23NOS. The molecule has 3 N–H and O–H groups in total. The maximum atomic E-state index is 9.96. The molecule has 1 aliphatic rings. The third-order valence-corrected chi connectivity index (χ3v) is 4.68. The van der Waals surface area contributed by atoms with Crippen molar-refractivity contribution in [2.45, 2.75) is 36.7 Å². The predicted octanol–water partition coefficient (Wildman–Crippen LogP) is 3.52. The minimum absolute atomic E-state index is 0.430. The highest BCUT2D eigenvalue weighted by Crippen LogP contribution is 2.28. The fourth-order valence-corrected chi connectivity index (χ4v) is 3.44. The van der Waals surface area contributed by atoms with E-state index in [1.165, 1.54) is 24.2 Å². The maximum Gasteiger partial charge on any atom is 0.0802 e. The van der Waals surface area contributed by atoms with Gasteiger partial charge < -0.3 is 10.8 Å². The zero-order valence-electron chi connectivity index (χ0n) is 11.3. The number of allylic oxidation sites excluding steroid dienone is 2. The van der Waals surface area contributed by atoms with Gasteiger partial charge in [-0.05, 0) is 55.8 Å². The topological polar surface area (TPSA) is 46.2 Å². The lowest BCUT2D eigenvalue weighted by atomic mass is 9.98. The molecule has 19 heavy (non-hydrogen) atoms. The zero-order chi connectivity index (χ0) is 13.5. The molecule has 104 valence electrons. The maximum absolute atomic E-state index is 9.96. The van der Waals surface area contributed by atoms with Crippen molar-refractivity contribution < 1.29 is 5.11 Å². The summed E-state index contributed by atoms with van der Waals surface area (Å²) in [7, 11) is 0. The number of aliphatic hydroxyl groups excluding tert-OH is 1. The minimum Gasteiger partial charge on any atom is -0.388 e. The van der Waals surface area contributed by atoms with Crippen LogP contribution in [0, 0.1) is 5.92 Å². The number of hydrogen-bond donors (Lipinski definition) is 2. The number of thioether (sulfide) groups is 1. The summed E-state index contributed by atoms with van der Waals surface area (Å²) in [6, 6.07) is 8.21. The summed E-state index contributed by atoms with van der Waals surface area (Å²) in [5, 5.41) is 9.96. The lowest BCUT2D eigenvalue weighted by molar-refractivity contribution is 0.170. The Bertz CT molecular complexity index is 419. The van der Waals surface area contributed by atoms with Gasteiger partial charge in [-0.15, -0.1) is 11.8 Å². The summed E-state index contributed by atoms with van der Waals surface area (Å²) < 4.78 is 0. The van der Waals surface area contributed by atoms with Crippen LogP contribution in [0.15, 0.2) is 41.3 Å². The molecule has 0 aliphatic heterocycles. The summed E-state index contributed by atoms with van der Waals surface area (Å²) in [5.41, 5.74) is 6.47. The van der Waals surface area contributed by atoms with Gasteiger partial charge >= 0.3 is 0 Å². The molecule has 0 saturated heterocycles. The van der Waals surface area contributed by atoms with E-state index in [-0.39, 0.29) is 0 Å². The quantitative estimate of drug-likeness (QED) is 0.618. The van der Waals surface area contributed by atoms with Crippen molar-refractivity contribution in [2.24, 2.45) is 11.7 Å². The fraction of sp³-hybridized carbons (Fsp3) is 0.500. The van der Waals surface area contributed by atoms with Crippen molar-refractivity contribution in [3.05, 3.63) is 42.0 Å². The van der Waals surface area contributed by atoms with Gasteiger partial charge in [0.25, 0.3) is 0 Å². The standard InChI is InChI=1S/C16H23NOS/c17-10-9-16(18)14-7-4-8-15(11-14)19-12-13-5-2-1-3-6-13/h2,4-5,7-8,11,13,16,18H,1,3,6,9-10,12,17H2. The summed E-state index contributed by atoms with van der Waals surface area (Å²) in [6.07, 6.45) is 8.71. The van der Waals surface area contributed by atoms with Crippen molar-refractivity contribution in [1.82, 2.24) is 0 Å². The van der Waals surface area contributed by atoms with E-state index in [1.807, 2.05) is 23.9 Å². The normalized spacial score (nSPS) is 20.4. The summed E-state index contributed by atoms with van der Waals surface area (Å²) in [6.45, 7) is 0.519. The molecule has 0 aromatic heterocycles. The van der Waals surface area contributed by atoms with Crippen LogP contribution in [0.2, 0.25) is 0 Å². The highest BCUT2D eigenvalue weighted by molar-refractivity contribution is 7.99. The molecule has 1 aliphatic carbocycles. The van der Waals surface area contributed by atoms with E-state index in [0.29, 0.717) is 18.9 Å². The Morgan fingerprint density at radius 2 is 2.32 bits per heavy atom. The average Bonchev–Trinajstić information content (AvgIpc) is 2.47. The molecule has 1 aromatic carbocycles. The van der Waals surface area contributed by atoms with Crippen LogP contribution < -0.4 is 5.73 Å². The Morgan fingerprint density at radius 3 is 3.05 bits per heavy atom. The lowest BCUT2D eigenvalue weighted by Crippen LogP contribution is -2.06. The number of rotatable bonds is 6. The predicted molar refractivity (Wildman–Crippen MR) is 82.3 cm³/mol. The molecule has 2 nitrogen and oxygen atoms in total. The van der Waals surface area contributed by atoms with E-state index >= 15 is 0 Å². The van der Waals surface area contributed by atoms with Crippen LogP contribution in [-0.2, 0) is 0 Å². The van der Waals surface area contributed by atoms with Gasteiger partial charge in [0.15, 0.2) is 0 Å².